The Morgan fingerprint density at radius 2 is 1.25 bits per heavy atom. The smallest absolute Gasteiger partial charge is 1.00 e. The number of aliphatic carboxylic acids is 3. The Kier molecular flexibility index (Phi) is 18.4. The average molecular weight is 400 g/mol. The maximum absolute atomic E-state index is 10.1. The molecule has 0 aromatic carbocycles. The van der Waals surface area contributed by atoms with E-state index in [0.29, 0.717) is 0 Å². The molecule has 1 N–H and O–H groups in total. The van der Waals surface area contributed by atoms with Gasteiger partial charge in [0, 0.05) is 24.8 Å². The molecule has 0 bridgehead atoms. The molecule has 0 fully saturated rings. The van der Waals surface area contributed by atoms with E-state index in [-0.39, 0.29) is 91.3 Å². The van der Waals surface area contributed by atoms with Crippen LogP contribution in [-0.2, 0) is 14.4 Å². The van der Waals surface area contributed by atoms with Crippen LogP contribution in [0.4, 0.5) is 0 Å². The number of hydrogen-bond acceptors (Lipinski definition) is 7. The predicted molar refractivity (Wildman–Crippen MR) is 29.2 cm³/mol. The molecule has 16 heavy (non-hydrogen) atoms. The molecule has 0 aromatic heterocycles. The van der Waals surface area contributed by atoms with Gasteiger partial charge in [0.1, 0.15) is 5.60 Å². The molecule has 10 heteroatoms. The molecular formula is C6H5ClEuNaO7. The molecular weight excluding hydrogens is 394 g/mol. The fourth-order valence-electron chi connectivity index (χ4n) is 0.684. The molecule has 0 radical (unpaired) electrons. The summed E-state index contributed by atoms with van der Waals surface area (Å²) in [5, 5.41) is 38.9. The molecule has 0 rings (SSSR count). The minimum Gasteiger partial charge on any atom is -1.00 e. The third-order valence-corrected chi connectivity index (χ3v) is 1.25. The Morgan fingerprint density at radius 1 is 1.00 bits per heavy atom. The number of carbonyl (C=O) groups excluding carboxylic acids is 3. The van der Waals surface area contributed by atoms with Gasteiger partial charge in [-0.15, -0.1) is 0 Å². The Balaban J connectivity index is -0.000000240. The summed E-state index contributed by atoms with van der Waals surface area (Å²) < 4.78 is 0. The molecule has 0 unspecified atom stereocenters. The van der Waals surface area contributed by atoms with Crippen LogP contribution in [0.3, 0.4) is 0 Å². The number of rotatable bonds is 5. The van der Waals surface area contributed by atoms with Crippen molar-refractivity contribution in [1.29, 1.82) is 0 Å². The van der Waals surface area contributed by atoms with E-state index in [9.17, 15) is 29.7 Å². The van der Waals surface area contributed by atoms with E-state index in [1.165, 1.54) is 0 Å². The van der Waals surface area contributed by atoms with Gasteiger partial charge in [-0.2, -0.15) is 0 Å². The molecule has 0 aliphatic rings. The molecule has 0 amide bonds. The zero-order valence-corrected chi connectivity index (χ0v) is 13.2. The van der Waals surface area contributed by atoms with Gasteiger partial charge in [-0.3, -0.25) is 0 Å². The summed E-state index contributed by atoms with van der Waals surface area (Å²) in [5.74, 6) is -5.98. The van der Waals surface area contributed by atoms with Crippen molar-refractivity contribution in [3.05, 3.63) is 0 Å². The van der Waals surface area contributed by atoms with Crippen LogP contribution >= 0.6 is 0 Å². The molecule has 0 saturated heterocycles. The summed E-state index contributed by atoms with van der Waals surface area (Å²) in [7, 11) is 0. The van der Waals surface area contributed by atoms with Gasteiger partial charge in [0.2, 0.25) is 0 Å². The van der Waals surface area contributed by atoms with Crippen LogP contribution in [0, 0.1) is 49.4 Å². The van der Waals surface area contributed by atoms with Crippen molar-refractivity contribution in [2.45, 2.75) is 18.4 Å². The number of halogens is 1. The molecule has 0 saturated carbocycles. The van der Waals surface area contributed by atoms with E-state index < -0.39 is 36.4 Å². The van der Waals surface area contributed by atoms with Gasteiger partial charge < -0.3 is 47.2 Å². The zero-order valence-electron chi connectivity index (χ0n) is 8.07. The van der Waals surface area contributed by atoms with Crippen LogP contribution in [0.2, 0.25) is 0 Å². The summed E-state index contributed by atoms with van der Waals surface area (Å²) >= 11 is 0. The van der Waals surface area contributed by atoms with E-state index in [4.69, 9.17) is 5.11 Å². The monoisotopic (exact) mass is 400 g/mol. The minimum atomic E-state index is -2.97. The topological polar surface area (TPSA) is 141 Å². The van der Waals surface area contributed by atoms with E-state index in [2.05, 4.69) is 0 Å². The van der Waals surface area contributed by atoms with Gasteiger partial charge in [0.15, 0.2) is 0 Å². The third kappa shape index (κ3) is 10.4. The van der Waals surface area contributed by atoms with Gasteiger partial charge in [0.05, 0.1) is 5.97 Å². The summed E-state index contributed by atoms with van der Waals surface area (Å²) in [6.07, 6.45) is -2.72. The molecule has 0 aromatic rings. The molecule has 86 valence electrons. The number of carboxylic acids is 3. The normalized spacial score (nSPS) is 8.81. The van der Waals surface area contributed by atoms with Crippen LogP contribution in [0.5, 0.6) is 0 Å². The van der Waals surface area contributed by atoms with Crippen molar-refractivity contribution in [3.8, 4) is 0 Å². The van der Waals surface area contributed by atoms with Gasteiger partial charge in [-0.25, -0.2) is 0 Å². The van der Waals surface area contributed by atoms with Crippen molar-refractivity contribution in [2.75, 3.05) is 0 Å². The molecule has 0 atom stereocenters. The van der Waals surface area contributed by atoms with Crippen LogP contribution in [-0.4, -0.2) is 28.6 Å². The van der Waals surface area contributed by atoms with Gasteiger partial charge in [-0.1, -0.05) is 0 Å². The summed E-state index contributed by atoms with van der Waals surface area (Å²) in [4.78, 5) is 30.0. The first kappa shape index (κ1) is 25.9. The van der Waals surface area contributed by atoms with Crippen molar-refractivity contribution in [2.24, 2.45) is 0 Å². The van der Waals surface area contributed by atoms with Crippen molar-refractivity contribution in [3.63, 3.8) is 0 Å². The molecule has 0 spiro atoms. The first-order chi connectivity index (χ1) is 5.78. The average Bonchev–Trinajstić information content (AvgIpc) is 1.82. The predicted octanol–water partition coefficient (Wildman–Crippen LogP) is -11.2. The largest absolute Gasteiger partial charge is 3.00 e. The van der Waals surface area contributed by atoms with Gasteiger partial charge in [0.25, 0.3) is 0 Å². The van der Waals surface area contributed by atoms with Crippen molar-refractivity contribution < 1.29 is 126 Å². The van der Waals surface area contributed by atoms with E-state index in [1.54, 1.807) is 0 Å². The molecule has 7 nitrogen and oxygen atoms in total. The maximum atomic E-state index is 10.1. The minimum absolute atomic E-state index is 0. The zero-order chi connectivity index (χ0) is 10.6. The number of aliphatic hydroxyl groups is 1. The Morgan fingerprint density at radius 3 is 1.38 bits per heavy atom. The van der Waals surface area contributed by atoms with Crippen LogP contribution in [0.15, 0.2) is 0 Å². The van der Waals surface area contributed by atoms with E-state index in [1.807, 2.05) is 0 Å². The number of carbonyl (C=O) groups is 3. The second kappa shape index (κ2) is 11.3. The Bertz CT molecular complexity index is 243. The summed E-state index contributed by atoms with van der Waals surface area (Å²) in [6, 6.07) is 0. The second-order valence-electron chi connectivity index (χ2n) is 2.42. The third-order valence-electron chi connectivity index (χ3n) is 1.25. The molecule has 0 heterocycles. The van der Waals surface area contributed by atoms with Crippen LogP contribution in [0.25, 0.3) is 0 Å². The van der Waals surface area contributed by atoms with E-state index >= 15 is 0 Å². The first-order valence-electron chi connectivity index (χ1n) is 3.11. The standard InChI is InChI=1S/C6H8O7.ClH.Eu.Na/c7-3(8)1-6(13,5(11)12)2-4(9)10;;;/h13H,1-2H2,(H,7,8)(H,9,10)(H,11,12);1H;;/q;;+3;+1/p-4. The maximum Gasteiger partial charge on any atom is 3.00 e. The summed E-state index contributed by atoms with van der Waals surface area (Å²) in [5.41, 5.74) is -2.97. The Labute approximate surface area is 160 Å². The fourth-order valence-corrected chi connectivity index (χ4v) is 0.684. The van der Waals surface area contributed by atoms with E-state index in [0.717, 1.165) is 0 Å². The molecule has 0 aliphatic carbocycles. The van der Waals surface area contributed by atoms with Crippen LogP contribution < -0.4 is 57.3 Å². The number of carboxylic acid groups (broad SMARTS) is 3. The van der Waals surface area contributed by atoms with Crippen molar-refractivity contribution >= 4 is 17.9 Å². The SMILES string of the molecule is O=C([O-])CC(O)(CC(=O)[O-])C(=O)[O-].[Cl-].[Eu+3].[Na+]. The first-order valence-corrected chi connectivity index (χ1v) is 3.11. The second-order valence-corrected chi connectivity index (χ2v) is 2.42. The van der Waals surface area contributed by atoms with Gasteiger partial charge >= 0.3 is 78.9 Å². The summed E-state index contributed by atoms with van der Waals surface area (Å²) in [6.45, 7) is 0. The Hall–Kier alpha value is 1.24. The van der Waals surface area contributed by atoms with Crippen molar-refractivity contribution in [1.82, 2.24) is 0 Å². The van der Waals surface area contributed by atoms with Crippen LogP contribution in [0.1, 0.15) is 12.8 Å². The van der Waals surface area contributed by atoms with Gasteiger partial charge in [-0.05, 0) is 0 Å². The quantitative estimate of drug-likeness (QED) is 0.453. The molecule has 0 aliphatic heterocycles. The number of hydrogen-bond donors (Lipinski definition) is 1. The fraction of sp³-hybridized carbons (Fsp3) is 0.500.